The Bertz CT molecular complexity index is 662. The Kier molecular flexibility index (Phi) is 2.85. The smallest absolute Gasteiger partial charge is 0.395 e. The van der Waals surface area contributed by atoms with E-state index < -0.39 is 12.2 Å². The van der Waals surface area contributed by atoms with Crippen molar-refractivity contribution in [3.05, 3.63) is 23.8 Å². The van der Waals surface area contributed by atoms with Crippen molar-refractivity contribution in [1.82, 2.24) is 0 Å². The Morgan fingerprint density at radius 3 is 2.71 bits per heavy atom. The number of nitrogens with zero attached hydrogens (tertiary/aromatic N) is 2. The third kappa shape index (κ3) is 2.30. The summed E-state index contributed by atoms with van der Waals surface area (Å²) in [5.74, 6) is 3.92. The lowest BCUT2D eigenvalue weighted by Gasteiger charge is -2.04. The number of fused-ring (bicyclic) bond motifs is 1. The van der Waals surface area contributed by atoms with Crippen LogP contribution in [0.3, 0.4) is 0 Å². The number of amidine groups is 1. The molecule has 1 aromatic carbocycles. The number of ketones is 1. The van der Waals surface area contributed by atoms with Gasteiger partial charge in [-0.15, -0.1) is 13.9 Å². The minimum atomic E-state index is -3.71. The third-order valence-electron chi connectivity index (χ3n) is 3.39. The number of benzene rings is 1. The number of alkyl halides is 2. The maximum Gasteiger partial charge on any atom is 0.586 e. The molecule has 0 unspecified atom stereocenters. The van der Waals surface area contributed by atoms with Crippen LogP contribution in [0.5, 0.6) is 11.5 Å². The second-order valence-corrected chi connectivity index (χ2v) is 4.74. The summed E-state index contributed by atoms with van der Waals surface area (Å²) in [6, 6.07) is 3.86. The van der Waals surface area contributed by atoms with Gasteiger partial charge in [-0.2, -0.15) is 5.10 Å². The van der Waals surface area contributed by atoms with Crippen LogP contribution in [-0.4, -0.2) is 17.9 Å². The van der Waals surface area contributed by atoms with Gasteiger partial charge in [0.25, 0.3) is 0 Å². The zero-order valence-electron chi connectivity index (χ0n) is 10.5. The first kappa shape index (κ1) is 13.4. The van der Waals surface area contributed by atoms with E-state index in [1.54, 1.807) is 0 Å². The van der Waals surface area contributed by atoms with Gasteiger partial charge in [0.1, 0.15) is 0 Å². The van der Waals surface area contributed by atoms with Gasteiger partial charge in [0.05, 0.1) is 0 Å². The summed E-state index contributed by atoms with van der Waals surface area (Å²) in [5, 5.41) is 6.49. The van der Waals surface area contributed by atoms with Crippen LogP contribution in [0.1, 0.15) is 16.8 Å². The predicted octanol–water partition coefficient (Wildman–Crippen LogP) is 2.13. The number of Topliss-reactive ketones (excluding diaryl/α,β-unsaturated/α-hetero) is 1. The lowest BCUT2D eigenvalue weighted by molar-refractivity contribution is -0.286. The quantitative estimate of drug-likeness (QED) is 0.222. The van der Waals surface area contributed by atoms with Crippen molar-refractivity contribution < 1.29 is 23.0 Å². The molecule has 1 aromatic rings. The molecule has 0 bridgehead atoms. The number of ether oxygens (including phenoxy) is 2. The molecule has 1 aliphatic carbocycles. The lowest BCUT2D eigenvalue weighted by atomic mass is 10.1. The topological polar surface area (TPSA) is 110 Å². The van der Waals surface area contributed by atoms with Gasteiger partial charge in [-0.25, -0.2) is 5.53 Å². The highest BCUT2D eigenvalue weighted by molar-refractivity contribution is 6.04. The largest absolute Gasteiger partial charge is 0.586 e. The van der Waals surface area contributed by atoms with Gasteiger partial charge >= 0.3 is 6.29 Å². The van der Waals surface area contributed by atoms with Crippen LogP contribution in [0.25, 0.3) is 0 Å². The number of carbonyl (C=O) groups is 1. The standard InChI is InChI=1S/C12H10F2N4O3/c13-12(14)20-8-2-1-5(3-9(8)21-12)10(19)6-4-7(6)11(17-15)18-16/h1-3,6-7,15H,4,16H2/b17-15?,18-11-/t6-,7-/m0/s1. The first-order valence-corrected chi connectivity index (χ1v) is 6.04. The van der Waals surface area contributed by atoms with E-state index in [1.807, 2.05) is 0 Å². The number of nitrogens with one attached hydrogen (secondary N) is 1. The first-order valence-electron chi connectivity index (χ1n) is 6.04. The number of hydrazone groups is 1. The third-order valence-corrected chi connectivity index (χ3v) is 3.39. The van der Waals surface area contributed by atoms with Crippen LogP contribution in [0.4, 0.5) is 8.78 Å². The molecule has 2 atom stereocenters. The van der Waals surface area contributed by atoms with Gasteiger partial charge in [0.15, 0.2) is 23.1 Å². The van der Waals surface area contributed by atoms with E-state index >= 15 is 0 Å². The molecule has 1 fully saturated rings. The van der Waals surface area contributed by atoms with Crippen molar-refractivity contribution in [2.75, 3.05) is 0 Å². The minimum absolute atomic E-state index is 0.0978. The Hall–Kier alpha value is -2.58. The number of rotatable bonds is 3. The van der Waals surface area contributed by atoms with E-state index in [2.05, 4.69) is 19.7 Å². The molecule has 0 radical (unpaired) electrons. The molecular weight excluding hydrogens is 286 g/mol. The van der Waals surface area contributed by atoms with Crippen LogP contribution in [0, 0.1) is 17.4 Å². The predicted molar refractivity (Wildman–Crippen MR) is 65.3 cm³/mol. The summed E-state index contributed by atoms with van der Waals surface area (Å²) in [4.78, 5) is 12.2. The molecule has 1 aliphatic heterocycles. The Morgan fingerprint density at radius 2 is 2.05 bits per heavy atom. The van der Waals surface area contributed by atoms with Crippen LogP contribution < -0.4 is 15.3 Å². The Morgan fingerprint density at radius 1 is 1.33 bits per heavy atom. The molecule has 7 nitrogen and oxygen atoms in total. The summed E-state index contributed by atoms with van der Waals surface area (Å²) in [5.41, 5.74) is 7.12. The molecular formula is C12H10F2N4O3. The molecule has 0 aromatic heterocycles. The fourth-order valence-corrected chi connectivity index (χ4v) is 2.29. The van der Waals surface area contributed by atoms with Crippen molar-refractivity contribution in [3.63, 3.8) is 0 Å². The highest BCUT2D eigenvalue weighted by atomic mass is 19.3. The summed E-state index contributed by atoms with van der Waals surface area (Å²) < 4.78 is 34.4. The Balaban J connectivity index is 1.78. The number of halogens is 2. The summed E-state index contributed by atoms with van der Waals surface area (Å²) in [6.07, 6.45) is -3.24. The van der Waals surface area contributed by atoms with Gasteiger partial charge in [-0.05, 0) is 24.6 Å². The normalized spacial score (nSPS) is 25.5. The van der Waals surface area contributed by atoms with E-state index in [1.165, 1.54) is 18.2 Å². The van der Waals surface area contributed by atoms with Gasteiger partial charge in [0.2, 0.25) is 0 Å². The number of hydrogen-bond acceptors (Lipinski definition) is 6. The summed E-state index contributed by atoms with van der Waals surface area (Å²) >= 11 is 0. The fourth-order valence-electron chi connectivity index (χ4n) is 2.29. The van der Waals surface area contributed by atoms with E-state index in [0.717, 1.165) is 0 Å². The number of nitrogens with two attached hydrogens (primary N) is 1. The van der Waals surface area contributed by atoms with E-state index in [4.69, 9.17) is 11.4 Å². The molecule has 0 saturated heterocycles. The van der Waals surface area contributed by atoms with Gasteiger partial charge in [0, 0.05) is 17.4 Å². The molecule has 2 aliphatic rings. The van der Waals surface area contributed by atoms with Crippen LogP contribution >= 0.6 is 0 Å². The lowest BCUT2D eigenvalue weighted by Crippen LogP contribution is -2.25. The maximum atomic E-state index is 12.9. The van der Waals surface area contributed by atoms with E-state index in [0.29, 0.717) is 6.42 Å². The van der Waals surface area contributed by atoms with Crippen LogP contribution in [-0.2, 0) is 0 Å². The molecule has 1 heterocycles. The molecule has 1 saturated carbocycles. The van der Waals surface area contributed by atoms with Gasteiger partial charge in [-0.3, -0.25) is 4.79 Å². The zero-order chi connectivity index (χ0) is 15.2. The zero-order valence-corrected chi connectivity index (χ0v) is 10.5. The average Bonchev–Trinajstić information content (AvgIpc) is 3.14. The minimum Gasteiger partial charge on any atom is -0.395 e. The number of hydrogen-bond donors (Lipinski definition) is 2. The van der Waals surface area contributed by atoms with Gasteiger partial charge < -0.3 is 15.3 Å². The second kappa shape index (κ2) is 4.47. The van der Waals surface area contributed by atoms with Crippen molar-refractivity contribution in [3.8, 4) is 11.5 Å². The molecule has 3 N–H and O–H groups in total. The maximum absolute atomic E-state index is 12.9. The van der Waals surface area contributed by atoms with Crippen molar-refractivity contribution in [2.24, 2.45) is 27.9 Å². The van der Waals surface area contributed by atoms with Crippen molar-refractivity contribution in [1.29, 1.82) is 5.53 Å². The van der Waals surface area contributed by atoms with E-state index in [-0.39, 0.29) is 34.6 Å². The monoisotopic (exact) mass is 296 g/mol. The summed E-state index contributed by atoms with van der Waals surface area (Å²) in [6.45, 7) is 0. The molecule has 110 valence electrons. The highest BCUT2D eigenvalue weighted by Crippen LogP contribution is 2.45. The number of carbonyl (C=O) groups excluding carboxylic acids is 1. The molecule has 0 spiro atoms. The first-order chi connectivity index (χ1) is 9.95. The van der Waals surface area contributed by atoms with E-state index in [9.17, 15) is 13.6 Å². The molecule has 21 heavy (non-hydrogen) atoms. The van der Waals surface area contributed by atoms with Crippen LogP contribution in [0.15, 0.2) is 28.4 Å². The SMILES string of the molecule is N=N/C(=N\N)[C@H]1C[C@@H]1C(=O)c1ccc2c(c1)OC(F)(F)O2. The molecule has 3 rings (SSSR count). The second-order valence-electron chi connectivity index (χ2n) is 4.74. The summed E-state index contributed by atoms with van der Waals surface area (Å²) in [7, 11) is 0. The van der Waals surface area contributed by atoms with Crippen LogP contribution in [0.2, 0.25) is 0 Å². The molecule has 0 amide bonds. The Labute approximate surface area is 117 Å². The average molecular weight is 296 g/mol. The van der Waals surface area contributed by atoms with Gasteiger partial charge in [-0.1, -0.05) is 0 Å². The van der Waals surface area contributed by atoms with Crippen molar-refractivity contribution >= 4 is 11.6 Å². The molecule has 9 heteroatoms. The van der Waals surface area contributed by atoms with Crippen molar-refractivity contribution in [2.45, 2.75) is 12.7 Å². The highest BCUT2D eigenvalue weighted by Gasteiger charge is 2.48. The fraction of sp³-hybridized carbons (Fsp3) is 0.333.